The lowest BCUT2D eigenvalue weighted by molar-refractivity contribution is -0.140. The van der Waals surface area contributed by atoms with E-state index < -0.39 is 52.6 Å². The van der Waals surface area contributed by atoms with Crippen molar-refractivity contribution in [2.75, 3.05) is 32.5 Å². The number of esters is 2. The molecule has 0 N–H and O–H groups in total. The maximum atomic E-state index is 14.4. The van der Waals surface area contributed by atoms with Gasteiger partial charge in [0.05, 0.1) is 42.7 Å². The first-order valence-electron chi connectivity index (χ1n) is 6.93. The van der Waals surface area contributed by atoms with Gasteiger partial charge >= 0.3 is 18.1 Å². The molecular formula is C15H12ClF4NO5. The van der Waals surface area contributed by atoms with E-state index in [0.29, 0.717) is 12.1 Å². The summed E-state index contributed by atoms with van der Waals surface area (Å²) in [6.45, 7) is -0.887. The molecule has 0 aromatic heterocycles. The van der Waals surface area contributed by atoms with Crippen molar-refractivity contribution >= 4 is 29.2 Å². The summed E-state index contributed by atoms with van der Waals surface area (Å²) in [6.07, 6.45) is -4.82. The summed E-state index contributed by atoms with van der Waals surface area (Å²) in [5.41, 5.74) is -2.78. The second-order valence-corrected chi connectivity index (χ2v) is 5.41. The van der Waals surface area contributed by atoms with Gasteiger partial charge in [-0.15, -0.1) is 0 Å². The average Bonchev–Trinajstić information content (AvgIpc) is 2.60. The molecule has 142 valence electrons. The number of halogens is 5. The number of methoxy groups -OCH3 is 2. The van der Waals surface area contributed by atoms with Crippen LogP contribution < -0.4 is 4.90 Å². The number of hydrogen-bond donors (Lipinski definition) is 0. The van der Waals surface area contributed by atoms with Crippen LogP contribution in [0.2, 0.25) is 5.02 Å². The molecule has 0 unspecified atom stereocenters. The minimum absolute atomic E-state index is 0.335. The highest BCUT2D eigenvalue weighted by Crippen LogP contribution is 2.38. The van der Waals surface area contributed by atoms with Crippen molar-refractivity contribution in [3.63, 3.8) is 0 Å². The van der Waals surface area contributed by atoms with Gasteiger partial charge in [0, 0.05) is 0 Å². The van der Waals surface area contributed by atoms with Gasteiger partial charge in [-0.1, -0.05) is 11.6 Å². The number of carbonyl (C=O) groups excluding carboxylic acids is 2. The van der Waals surface area contributed by atoms with Gasteiger partial charge in [-0.25, -0.2) is 14.0 Å². The van der Waals surface area contributed by atoms with Crippen LogP contribution in [0.4, 0.5) is 23.2 Å². The molecule has 1 aromatic rings. The summed E-state index contributed by atoms with van der Waals surface area (Å²) in [5.74, 6) is -3.29. The fourth-order valence-electron chi connectivity index (χ4n) is 2.27. The van der Waals surface area contributed by atoms with E-state index in [1.54, 1.807) is 0 Å². The molecule has 0 radical (unpaired) electrons. The SMILES string of the molecule is COC(=O)C1=C(C(=O)OC)N(c2cc(C(F)(F)F)cc(Cl)c2F)COC1. The first-order chi connectivity index (χ1) is 12.1. The Labute approximate surface area is 149 Å². The molecule has 2 rings (SSSR count). The molecule has 0 atom stereocenters. The fourth-order valence-corrected chi connectivity index (χ4v) is 2.48. The molecule has 1 aliphatic heterocycles. The van der Waals surface area contributed by atoms with Crippen molar-refractivity contribution in [1.29, 1.82) is 0 Å². The van der Waals surface area contributed by atoms with Crippen molar-refractivity contribution in [1.82, 2.24) is 0 Å². The molecule has 0 saturated heterocycles. The van der Waals surface area contributed by atoms with E-state index in [0.717, 1.165) is 19.1 Å². The van der Waals surface area contributed by atoms with Crippen LogP contribution >= 0.6 is 11.6 Å². The maximum absolute atomic E-state index is 14.4. The van der Waals surface area contributed by atoms with Crippen molar-refractivity contribution in [3.8, 4) is 0 Å². The topological polar surface area (TPSA) is 65.1 Å². The first-order valence-corrected chi connectivity index (χ1v) is 7.30. The molecule has 6 nitrogen and oxygen atoms in total. The molecule has 26 heavy (non-hydrogen) atoms. The van der Waals surface area contributed by atoms with Gasteiger partial charge in [-0.2, -0.15) is 13.2 Å². The lowest BCUT2D eigenvalue weighted by Gasteiger charge is -2.32. The number of hydrogen-bond acceptors (Lipinski definition) is 6. The van der Waals surface area contributed by atoms with Gasteiger partial charge in [-0.05, 0) is 12.1 Å². The van der Waals surface area contributed by atoms with Crippen LogP contribution in [0, 0.1) is 5.82 Å². The standard InChI is InChI=1S/C15H12ClF4NO5/c1-24-13(22)8-5-26-6-21(12(8)14(23)25-2)10-4-7(15(18,19)20)3-9(16)11(10)17/h3-4H,5-6H2,1-2H3. The summed E-state index contributed by atoms with van der Waals surface area (Å²) in [6, 6.07) is 0.863. The Morgan fingerprint density at radius 2 is 1.81 bits per heavy atom. The number of rotatable bonds is 3. The van der Waals surface area contributed by atoms with E-state index in [2.05, 4.69) is 9.47 Å². The van der Waals surface area contributed by atoms with Crippen LogP contribution in [-0.2, 0) is 30.0 Å². The van der Waals surface area contributed by atoms with E-state index >= 15 is 0 Å². The molecule has 0 aliphatic carbocycles. The lowest BCUT2D eigenvalue weighted by atomic mass is 10.1. The molecule has 0 spiro atoms. The van der Waals surface area contributed by atoms with Gasteiger partial charge in [0.1, 0.15) is 12.4 Å². The Hall–Kier alpha value is -2.33. The first kappa shape index (κ1) is 20.0. The number of anilines is 1. The number of alkyl halides is 3. The normalized spacial score (nSPS) is 15.1. The average molecular weight is 398 g/mol. The molecular weight excluding hydrogens is 386 g/mol. The van der Waals surface area contributed by atoms with Crippen molar-refractivity contribution < 1.29 is 41.4 Å². The van der Waals surface area contributed by atoms with Gasteiger partial charge < -0.3 is 19.1 Å². The third-order valence-corrected chi connectivity index (χ3v) is 3.74. The molecule has 1 aromatic carbocycles. The van der Waals surface area contributed by atoms with Crippen LogP contribution in [0.3, 0.4) is 0 Å². The minimum atomic E-state index is -4.82. The molecule has 11 heteroatoms. The Kier molecular flexibility index (Phi) is 5.77. The third-order valence-electron chi connectivity index (χ3n) is 3.46. The fraction of sp³-hybridized carbons (Fsp3) is 0.333. The van der Waals surface area contributed by atoms with Crippen LogP contribution in [0.15, 0.2) is 23.4 Å². The summed E-state index contributed by atoms with van der Waals surface area (Å²) in [4.78, 5) is 24.7. The largest absolute Gasteiger partial charge is 0.466 e. The predicted molar refractivity (Wildman–Crippen MR) is 80.8 cm³/mol. The summed E-state index contributed by atoms with van der Waals surface area (Å²) < 4.78 is 67.6. The molecule has 1 aliphatic rings. The van der Waals surface area contributed by atoms with Crippen LogP contribution in [0.5, 0.6) is 0 Å². The molecule has 0 saturated carbocycles. The maximum Gasteiger partial charge on any atom is 0.416 e. The summed E-state index contributed by atoms with van der Waals surface area (Å²) in [5, 5.41) is -0.816. The number of carbonyl (C=O) groups is 2. The molecule has 0 bridgehead atoms. The van der Waals surface area contributed by atoms with E-state index in [9.17, 15) is 27.2 Å². The highest BCUT2D eigenvalue weighted by molar-refractivity contribution is 6.31. The van der Waals surface area contributed by atoms with Gasteiger partial charge in [-0.3, -0.25) is 0 Å². The molecule has 1 heterocycles. The smallest absolute Gasteiger partial charge is 0.416 e. The van der Waals surface area contributed by atoms with E-state index in [-0.39, 0.29) is 12.2 Å². The second kappa shape index (κ2) is 7.50. The van der Waals surface area contributed by atoms with Crippen molar-refractivity contribution in [2.24, 2.45) is 0 Å². The second-order valence-electron chi connectivity index (χ2n) is 5.00. The Morgan fingerprint density at radius 1 is 1.19 bits per heavy atom. The zero-order valence-electron chi connectivity index (χ0n) is 13.4. The highest BCUT2D eigenvalue weighted by Gasteiger charge is 2.37. The van der Waals surface area contributed by atoms with Crippen molar-refractivity contribution in [2.45, 2.75) is 6.18 Å². The minimum Gasteiger partial charge on any atom is -0.466 e. The summed E-state index contributed by atoms with van der Waals surface area (Å²) in [7, 11) is 2.03. The van der Waals surface area contributed by atoms with Crippen LogP contribution in [-0.4, -0.2) is 39.5 Å². The monoisotopic (exact) mass is 397 g/mol. The molecule has 0 amide bonds. The molecule has 0 fully saturated rings. The zero-order valence-corrected chi connectivity index (χ0v) is 14.2. The predicted octanol–water partition coefficient (Wildman–Crippen LogP) is 2.89. The number of nitrogens with zero attached hydrogens (tertiary/aromatic N) is 1. The van der Waals surface area contributed by atoms with Crippen molar-refractivity contribution in [3.05, 3.63) is 39.8 Å². The van der Waals surface area contributed by atoms with E-state index in [1.165, 1.54) is 0 Å². The Bertz CT molecular complexity index is 778. The van der Waals surface area contributed by atoms with E-state index in [4.69, 9.17) is 16.3 Å². The summed E-state index contributed by atoms with van der Waals surface area (Å²) >= 11 is 5.57. The van der Waals surface area contributed by atoms with Crippen LogP contribution in [0.1, 0.15) is 5.56 Å². The lowest BCUT2D eigenvalue weighted by Crippen LogP contribution is -2.39. The van der Waals surface area contributed by atoms with Crippen LogP contribution in [0.25, 0.3) is 0 Å². The quantitative estimate of drug-likeness (QED) is 0.577. The third kappa shape index (κ3) is 3.75. The number of ether oxygens (including phenoxy) is 3. The Balaban J connectivity index is 2.71. The van der Waals surface area contributed by atoms with Gasteiger partial charge in [0.25, 0.3) is 0 Å². The zero-order chi connectivity index (χ0) is 19.6. The van der Waals surface area contributed by atoms with Gasteiger partial charge in [0.2, 0.25) is 0 Å². The number of benzene rings is 1. The van der Waals surface area contributed by atoms with Gasteiger partial charge in [0.15, 0.2) is 5.82 Å². The Morgan fingerprint density at radius 3 is 2.35 bits per heavy atom. The highest BCUT2D eigenvalue weighted by atomic mass is 35.5. The van der Waals surface area contributed by atoms with E-state index in [1.807, 2.05) is 0 Å².